The van der Waals surface area contributed by atoms with Gasteiger partial charge in [-0.05, 0) is 36.6 Å². The summed E-state index contributed by atoms with van der Waals surface area (Å²) in [5, 5.41) is 20.5. The molecular formula is C13H15ClN4O. The van der Waals surface area contributed by atoms with Crippen LogP contribution in [-0.4, -0.2) is 27.1 Å². The standard InChI is InChI=1S/C13H15ClN4O/c14-10-3-4-13-9(6-10)2-1-5-18(13)7-11-12(8-19)16-17-15-11/h3-4,6,19H,1-2,5,7-8H2,(H,15,16,17). The minimum atomic E-state index is -0.0658. The first-order valence-electron chi connectivity index (χ1n) is 6.31. The number of hydrogen-bond donors (Lipinski definition) is 2. The molecule has 0 atom stereocenters. The molecule has 2 aromatic rings. The predicted octanol–water partition coefficient (Wildman–Crippen LogP) is 1.90. The molecule has 1 aromatic carbocycles. The number of halogens is 1. The second kappa shape index (κ2) is 5.19. The lowest BCUT2D eigenvalue weighted by molar-refractivity contribution is 0.275. The van der Waals surface area contributed by atoms with Crippen LogP contribution in [0.25, 0.3) is 0 Å². The van der Waals surface area contributed by atoms with Gasteiger partial charge >= 0.3 is 0 Å². The SMILES string of the molecule is OCc1[nH]nnc1CN1CCCc2cc(Cl)ccc21. The summed E-state index contributed by atoms with van der Waals surface area (Å²) in [5.74, 6) is 0. The number of aliphatic hydroxyl groups excluding tert-OH is 1. The van der Waals surface area contributed by atoms with E-state index in [1.165, 1.54) is 11.3 Å². The average Bonchev–Trinajstić information content (AvgIpc) is 2.86. The third-order valence-corrected chi connectivity index (χ3v) is 3.69. The molecule has 6 heteroatoms. The van der Waals surface area contributed by atoms with Gasteiger partial charge in [-0.1, -0.05) is 16.8 Å². The molecule has 0 spiro atoms. The third-order valence-electron chi connectivity index (χ3n) is 3.46. The van der Waals surface area contributed by atoms with E-state index in [9.17, 15) is 5.11 Å². The zero-order valence-electron chi connectivity index (χ0n) is 10.4. The topological polar surface area (TPSA) is 65.0 Å². The molecule has 0 aliphatic carbocycles. The van der Waals surface area contributed by atoms with Crippen LogP contribution < -0.4 is 4.90 Å². The molecule has 0 saturated heterocycles. The summed E-state index contributed by atoms with van der Waals surface area (Å²) in [7, 11) is 0. The Balaban J connectivity index is 1.88. The highest BCUT2D eigenvalue weighted by atomic mass is 35.5. The monoisotopic (exact) mass is 278 g/mol. The number of hydrogen-bond acceptors (Lipinski definition) is 4. The van der Waals surface area contributed by atoms with Crippen LogP contribution >= 0.6 is 11.6 Å². The highest BCUT2D eigenvalue weighted by molar-refractivity contribution is 6.30. The quantitative estimate of drug-likeness (QED) is 0.900. The fraction of sp³-hybridized carbons (Fsp3) is 0.385. The molecule has 2 heterocycles. The number of aromatic nitrogens is 3. The van der Waals surface area contributed by atoms with Gasteiger partial charge in [0.25, 0.3) is 0 Å². The first-order valence-corrected chi connectivity index (χ1v) is 6.69. The first-order chi connectivity index (χ1) is 9.28. The van der Waals surface area contributed by atoms with Crippen molar-refractivity contribution < 1.29 is 5.11 Å². The van der Waals surface area contributed by atoms with Gasteiger partial charge < -0.3 is 10.0 Å². The largest absolute Gasteiger partial charge is 0.390 e. The van der Waals surface area contributed by atoms with Gasteiger partial charge in [0.15, 0.2) is 0 Å². The summed E-state index contributed by atoms with van der Waals surface area (Å²) in [6.07, 6.45) is 2.15. The Kier molecular flexibility index (Phi) is 3.40. The van der Waals surface area contributed by atoms with E-state index in [1.807, 2.05) is 12.1 Å². The van der Waals surface area contributed by atoms with Crippen LogP contribution in [0.3, 0.4) is 0 Å². The molecule has 5 nitrogen and oxygen atoms in total. The number of anilines is 1. The molecule has 0 fully saturated rings. The lowest BCUT2D eigenvalue weighted by Crippen LogP contribution is -2.29. The van der Waals surface area contributed by atoms with Crippen molar-refractivity contribution in [2.75, 3.05) is 11.4 Å². The molecule has 0 radical (unpaired) electrons. The zero-order chi connectivity index (χ0) is 13.2. The van der Waals surface area contributed by atoms with Crippen molar-refractivity contribution in [1.82, 2.24) is 15.4 Å². The van der Waals surface area contributed by atoms with Gasteiger partial charge in [-0.3, -0.25) is 5.10 Å². The molecule has 1 aliphatic rings. The first kappa shape index (κ1) is 12.4. The molecule has 0 saturated carbocycles. The summed E-state index contributed by atoms with van der Waals surface area (Å²) in [6, 6.07) is 5.99. The molecule has 19 heavy (non-hydrogen) atoms. The Labute approximate surface area is 116 Å². The highest BCUT2D eigenvalue weighted by Crippen LogP contribution is 2.30. The second-order valence-electron chi connectivity index (χ2n) is 4.69. The zero-order valence-corrected chi connectivity index (χ0v) is 11.2. The normalized spacial score (nSPS) is 14.5. The number of aromatic amines is 1. The fourth-order valence-electron chi connectivity index (χ4n) is 2.51. The summed E-state index contributed by atoms with van der Waals surface area (Å²) in [6.45, 7) is 1.57. The number of nitrogens with zero attached hydrogens (tertiary/aromatic N) is 3. The van der Waals surface area contributed by atoms with E-state index in [1.54, 1.807) is 0 Å². The number of benzene rings is 1. The Morgan fingerprint density at radius 1 is 1.42 bits per heavy atom. The summed E-state index contributed by atoms with van der Waals surface area (Å²) in [4.78, 5) is 2.26. The van der Waals surface area contributed by atoms with Gasteiger partial charge in [-0.25, -0.2) is 0 Å². The molecule has 3 rings (SSSR count). The highest BCUT2D eigenvalue weighted by Gasteiger charge is 2.19. The lowest BCUT2D eigenvalue weighted by Gasteiger charge is -2.31. The number of rotatable bonds is 3. The van der Waals surface area contributed by atoms with Gasteiger partial charge in [0.05, 0.1) is 18.8 Å². The molecule has 1 aliphatic heterocycles. The minimum absolute atomic E-state index is 0.0658. The number of aliphatic hydroxyl groups is 1. The maximum atomic E-state index is 9.22. The van der Waals surface area contributed by atoms with Crippen LogP contribution in [0.15, 0.2) is 18.2 Å². The van der Waals surface area contributed by atoms with Crippen LogP contribution in [0, 0.1) is 0 Å². The fourth-order valence-corrected chi connectivity index (χ4v) is 2.71. The van der Waals surface area contributed by atoms with Crippen molar-refractivity contribution >= 4 is 17.3 Å². The Bertz CT molecular complexity index is 584. The number of H-pyrrole nitrogens is 1. The van der Waals surface area contributed by atoms with Gasteiger partial charge in [0, 0.05) is 17.3 Å². The van der Waals surface area contributed by atoms with Crippen LogP contribution in [0.2, 0.25) is 5.02 Å². The van der Waals surface area contributed by atoms with E-state index in [0.29, 0.717) is 12.2 Å². The van der Waals surface area contributed by atoms with E-state index in [2.05, 4.69) is 26.4 Å². The number of fused-ring (bicyclic) bond motifs is 1. The van der Waals surface area contributed by atoms with Crippen molar-refractivity contribution in [3.05, 3.63) is 40.2 Å². The van der Waals surface area contributed by atoms with Crippen LogP contribution in [0.4, 0.5) is 5.69 Å². The Hall–Kier alpha value is -1.59. The lowest BCUT2D eigenvalue weighted by atomic mass is 10.0. The number of nitrogens with one attached hydrogen (secondary N) is 1. The van der Waals surface area contributed by atoms with Crippen molar-refractivity contribution in [2.45, 2.75) is 26.0 Å². The third kappa shape index (κ3) is 2.43. The van der Waals surface area contributed by atoms with Gasteiger partial charge in [-0.15, -0.1) is 5.10 Å². The Morgan fingerprint density at radius 2 is 2.32 bits per heavy atom. The number of aryl methyl sites for hydroxylation is 1. The molecule has 0 bridgehead atoms. The van der Waals surface area contributed by atoms with Crippen LogP contribution in [-0.2, 0) is 19.6 Å². The van der Waals surface area contributed by atoms with Crippen LogP contribution in [0.1, 0.15) is 23.4 Å². The summed E-state index contributed by atoms with van der Waals surface area (Å²) in [5.41, 5.74) is 3.95. The molecule has 100 valence electrons. The maximum absolute atomic E-state index is 9.22. The molecule has 0 amide bonds. The molecular weight excluding hydrogens is 264 g/mol. The molecule has 0 unspecified atom stereocenters. The van der Waals surface area contributed by atoms with E-state index in [-0.39, 0.29) is 6.61 Å². The van der Waals surface area contributed by atoms with Crippen molar-refractivity contribution in [2.24, 2.45) is 0 Å². The molecule has 1 aromatic heterocycles. The second-order valence-corrected chi connectivity index (χ2v) is 5.13. The minimum Gasteiger partial charge on any atom is -0.390 e. The van der Waals surface area contributed by atoms with E-state index < -0.39 is 0 Å². The summed E-state index contributed by atoms with van der Waals surface area (Å²) < 4.78 is 0. The van der Waals surface area contributed by atoms with Crippen molar-refractivity contribution in [3.63, 3.8) is 0 Å². The van der Waals surface area contributed by atoms with E-state index >= 15 is 0 Å². The Morgan fingerprint density at radius 3 is 3.16 bits per heavy atom. The van der Waals surface area contributed by atoms with Gasteiger partial charge in [-0.2, -0.15) is 0 Å². The van der Waals surface area contributed by atoms with E-state index in [4.69, 9.17) is 11.6 Å². The van der Waals surface area contributed by atoms with Crippen molar-refractivity contribution in [3.8, 4) is 0 Å². The smallest absolute Gasteiger partial charge is 0.107 e. The van der Waals surface area contributed by atoms with Gasteiger partial charge in [0.2, 0.25) is 0 Å². The van der Waals surface area contributed by atoms with Crippen molar-refractivity contribution in [1.29, 1.82) is 0 Å². The maximum Gasteiger partial charge on any atom is 0.107 e. The molecule has 2 N–H and O–H groups in total. The van der Waals surface area contributed by atoms with E-state index in [0.717, 1.165) is 30.1 Å². The predicted molar refractivity (Wildman–Crippen MR) is 73.1 cm³/mol. The average molecular weight is 279 g/mol. The van der Waals surface area contributed by atoms with Gasteiger partial charge in [0.1, 0.15) is 5.69 Å². The summed E-state index contributed by atoms with van der Waals surface area (Å²) >= 11 is 6.04. The van der Waals surface area contributed by atoms with Crippen LogP contribution in [0.5, 0.6) is 0 Å².